The molecule has 0 saturated heterocycles. The Kier molecular flexibility index (Phi) is 17.6. The van der Waals surface area contributed by atoms with Gasteiger partial charge in [-0.3, -0.25) is 4.79 Å². The predicted octanol–water partition coefficient (Wildman–Crippen LogP) is 7.85. The number of allylic oxidation sites excluding steroid dienone is 1. The van der Waals surface area contributed by atoms with Crippen molar-refractivity contribution in [3.63, 3.8) is 0 Å². The van der Waals surface area contributed by atoms with E-state index in [0.717, 1.165) is 69.9 Å². The topological polar surface area (TPSA) is 62.2 Å². The average molecular weight is 567 g/mol. The first-order valence-electron chi connectivity index (χ1n) is 15.9. The zero-order valence-electron chi connectivity index (χ0n) is 26.1. The minimum Gasteiger partial charge on any atom is -0.507 e. The maximum Gasteiger partial charge on any atom is 0.189 e. The number of benzene rings is 2. The summed E-state index contributed by atoms with van der Waals surface area (Å²) >= 11 is 0. The van der Waals surface area contributed by atoms with Gasteiger partial charge in [-0.15, -0.1) is 0 Å². The lowest BCUT2D eigenvalue weighted by Crippen LogP contribution is -2.23. The Hall–Kier alpha value is -2.83. The van der Waals surface area contributed by atoms with E-state index in [0.29, 0.717) is 12.4 Å². The van der Waals surface area contributed by atoms with Crippen LogP contribution in [0.3, 0.4) is 0 Å². The molecule has 0 radical (unpaired) electrons. The Morgan fingerprint density at radius 2 is 1.17 bits per heavy atom. The normalized spacial score (nSPS) is 11.6. The van der Waals surface area contributed by atoms with Crippen molar-refractivity contribution in [3.8, 4) is 17.2 Å². The predicted molar refractivity (Wildman–Crippen MR) is 171 cm³/mol. The smallest absolute Gasteiger partial charge is 0.189 e. The molecule has 0 aliphatic rings. The fourth-order valence-electron chi connectivity index (χ4n) is 4.79. The molecule has 0 heterocycles. The van der Waals surface area contributed by atoms with Gasteiger partial charge in [0.05, 0.1) is 18.8 Å². The zero-order valence-corrected chi connectivity index (χ0v) is 26.1. The third-order valence-corrected chi connectivity index (χ3v) is 7.61. The lowest BCUT2D eigenvalue weighted by Gasteiger charge is -2.17. The Balaban J connectivity index is 1.67. The van der Waals surface area contributed by atoms with Gasteiger partial charge in [0.1, 0.15) is 17.2 Å². The van der Waals surface area contributed by atoms with E-state index in [1.807, 2.05) is 24.3 Å². The van der Waals surface area contributed by atoms with E-state index in [1.54, 1.807) is 18.2 Å². The van der Waals surface area contributed by atoms with Gasteiger partial charge in [-0.1, -0.05) is 71.6 Å². The summed E-state index contributed by atoms with van der Waals surface area (Å²) in [7, 11) is 0. The third-order valence-electron chi connectivity index (χ3n) is 7.61. The van der Waals surface area contributed by atoms with Gasteiger partial charge < -0.3 is 24.4 Å². The van der Waals surface area contributed by atoms with E-state index in [4.69, 9.17) is 9.47 Å². The fourth-order valence-corrected chi connectivity index (χ4v) is 4.79. The molecule has 2 rings (SSSR count). The third kappa shape index (κ3) is 14.1. The molecule has 0 amide bonds. The molecule has 0 spiro atoms. The van der Waals surface area contributed by atoms with E-state index in [2.05, 4.69) is 37.5 Å². The van der Waals surface area contributed by atoms with Gasteiger partial charge in [0.15, 0.2) is 5.78 Å². The van der Waals surface area contributed by atoms with Gasteiger partial charge >= 0.3 is 0 Å². The van der Waals surface area contributed by atoms with E-state index in [-0.39, 0.29) is 17.1 Å². The molecule has 2 aromatic rings. The van der Waals surface area contributed by atoms with Crippen LogP contribution < -0.4 is 9.47 Å². The van der Waals surface area contributed by atoms with Crippen LogP contribution in [0.1, 0.15) is 95.0 Å². The van der Waals surface area contributed by atoms with Crippen LogP contribution in [0.4, 0.5) is 0 Å². The van der Waals surface area contributed by atoms with Crippen molar-refractivity contribution in [2.45, 2.75) is 79.1 Å². The molecule has 228 valence electrons. The van der Waals surface area contributed by atoms with Crippen LogP contribution in [0.5, 0.6) is 17.2 Å². The number of carbonyl (C=O) groups is 1. The average Bonchev–Trinajstić information content (AvgIpc) is 2.99. The van der Waals surface area contributed by atoms with E-state index in [9.17, 15) is 9.90 Å². The highest BCUT2D eigenvalue weighted by atomic mass is 16.5. The molecule has 0 bridgehead atoms. The number of nitrogens with zero attached hydrogens (tertiary/aromatic N) is 2. The quantitative estimate of drug-likeness (QED) is 0.0840. The summed E-state index contributed by atoms with van der Waals surface area (Å²) in [6.07, 6.45) is 12.5. The number of aromatic hydroxyl groups is 1. The van der Waals surface area contributed by atoms with Crippen LogP contribution >= 0.6 is 0 Å². The van der Waals surface area contributed by atoms with Gasteiger partial charge in [-0.25, -0.2) is 0 Å². The monoisotopic (exact) mass is 566 g/mol. The minimum absolute atomic E-state index is 0.0619. The number of hydrogen-bond donors (Lipinski definition) is 1. The van der Waals surface area contributed by atoms with Crippen molar-refractivity contribution >= 4 is 11.9 Å². The number of rotatable bonds is 23. The molecule has 0 aromatic heterocycles. The second-order valence-corrected chi connectivity index (χ2v) is 10.5. The fraction of sp³-hybridized carbons (Fsp3) is 0.571. The summed E-state index contributed by atoms with van der Waals surface area (Å²) in [4.78, 5) is 17.6. The highest BCUT2D eigenvalue weighted by molar-refractivity contribution is 6.08. The van der Waals surface area contributed by atoms with Crippen molar-refractivity contribution < 1.29 is 19.4 Å². The number of unbranched alkanes of at least 4 members (excludes halogenated alkanes) is 6. The van der Waals surface area contributed by atoms with Crippen LogP contribution in [0.15, 0.2) is 48.5 Å². The maximum atomic E-state index is 12.7. The Morgan fingerprint density at radius 1 is 0.683 bits per heavy atom. The SMILES string of the molecule is CCN(CC)CCCCCCOc1ccc(/C=C/C(=O)c2ccc(OCCCCCCN(CC)CC)cc2O)cc1. The summed E-state index contributed by atoms with van der Waals surface area (Å²) < 4.78 is 11.7. The Bertz CT molecular complexity index is 998. The van der Waals surface area contributed by atoms with Crippen molar-refractivity contribution in [1.82, 2.24) is 9.80 Å². The second kappa shape index (κ2) is 21.0. The summed E-state index contributed by atoms with van der Waals surface area (Å²) in [5.74, 6) is 1.11. The molecule has 6 nitrogen and oxygen atoms in total. The Morgan fingerprint density at radius 3 is 1.68 bits per heavy atom. The highest BCUT2D eigenvalue weighted by Crippen LogP contribution is 2.25. The highest BCUT2D eigenvalue weighted by Gasteiger charge is 2.10. The molecule has 0 saturated carbocycles. The maximum absolute atomic E-state index is 12.7. The summed E-state index contributed by atoms with van der Waals surface area (Å²) in [6, 6.07) is 12.6. The molecule has 0 atom stereocenters. The molecule has 2 aromatic carbocycles. The molecular weight excluding hydrogens is 512 g/mol. The summed E-state index contributed by atoms with van der Waals surface area (Å²) in [5, 5.41) is 10.4. The van der Waals surface area contributed by atoms with E-state index in [1.165, 1.54) is 50.8 Å². The Labute approximate surface area is 249 Å². The molecule has 0 aliphatic heterocycles. The van der Waals surface area contributed by atoms with Gasteiger partial charge in [-0.05, 0) is 101 Å². The number of hydrogen-bond acceptors (Lipinski definition) is 6. The molecule has 0 aliphatic carbocycles. The van der Waals surface area contributed by atoms with Crippen molar-refractivity contribution in [2.24, 2.45) is 0 Å². The van der Waals surface area contributed by atoms with Gasteiger partial charge in [0, 0.05) is 6.07 Å². The van der Waals surface area contributed by atoms with Gasteiger partial charge in [0.2, 0.25) is 0 Å². The van der Waals surface area contributed by atoms with Gasteiger partial charge in [0.25, 0.3) is 0 Å². The summed E-state index contributed by atoms with van der Waals surface area (Å²) in [5.41, 5.74) is 1.17. The van der Waals surface area contributed by atoms with E-state index < -0.39 is 0 Å². The largest absolute Gasteiger partial charge is 0.507 e. The molecule has 6 heteroatoms. The number of carbonyl (C=O) groups excluding carboxylic acids is 1. The standard InChI is InChI=1S/C35H54N2O4/c1-5-36(6-2)25-13-9-11-15-27-40-31-20-17-30(18-21-31)19-24-34(38)33-23-22-32(29-35(33)39)41-28-16-12-10-14-26-37(7-3)8-4/h17-24,29,39H,5-16,25-28H2,1-4H3/b24-19+. The van der Waals surface area contributed by atoms with Gasteiger partial charge in [-0.2, -0.15) is 0 Å². The first-order chi connectivity index (χ1) is 20.0. The van der Waals surface area contributed by atoms with Crippen molar-refractivity contribution in [3.05, 3.63) is 59.7 Å². The molecule has 0 fully saturated rings. The van der Waals surface area contributed by atoms with Crippen LogP contribution in [-0.4, -0.2) is 73.2 Å². The zero-order chi connectivity index (χ0) is 29.7. The molecule has 41 heavy (non-hydrogen) atoms. The van der Waals surface area contributed by atoms with Crippen LogP contribution in [0.25, 0.3) is 6.08 Å². The first kappa shape index (κ1) is 34.4. The van der Waals surface area contributed by atoms with Crippen molar-refractivity contribution in [2.75, 3.05) is 52.5 Å². The lowest BCUT2D eigenvalue weighted by molar-refractivity contribution is 0.104. The number of ketones is 1. The van der Waals surface area contributed by atoms with E-state index >= 15 is 0 Å². The molecule has 1 N–H and O–H groups in total. The summed E-state index contributed by atoms with van der Waals surface area (Å²) in [6.45, 7) is 17.0. The van der Waals surface area contributed by atoms with Crippen LogP contribution in [-0.2, 0) is 0 Å². The number of phenolic OH excluding ortho intramolecular Hbond substituents is 1. The first-order valence-corrected chi connectivity index (χ1v) is 15.9. The number of phenols is 1. The molecular formula is C35H54N2O4. The van der Waals surface area contributed by atoms with Crippen LogP contribution in [0, 0.1) is 0 Å². The second-order valence-electron chi connectivity index (χ2n) is 10.5. The number of ether oxygens (including phenoxy) is 2. The van der Waals surface area contributed by atoms with Crippen molar-refractivity contribution in [1.29, 1.82) is 0 Å². The minimum atomic E-state index is -0.247. The molecule has 0 unspecified atom stereocenters. The lowest BCUT2D eigenvalue weighted by atomic mass is 10.1. The van der Waals surface area contributed by atoms with Crippen LogP contribution in [0.2, 0.25) is 0 Å².